The Morgan fingerprint density at radius 3 is 1.58 bits per heavy atom. The van der Waals surface area contributed by atoms with Gasteiger partial charge in [-0.05, 0) is 28.7 Å². The van der Waals surface area contributed by atoms with E-state index < -0.39 is 0 Å². The third-order valence-corrected chi connectivity index (χ3v) is 7.98. The second-order valence-electron chi connectivity index (χ2n) is 11.4. The van der Waals surface area contributed by atoms with E-state index in [1.165, 1.54) is 80.0 Å². The van der Waals surface area contributed by atoms with Gasteiger partial charge >= 0.3 is 6.09 Å². The molecule has 1 aliphatic carbocycles. The number of nitrogens with zero attached hydrogens (tertiary/aromatic N) is 1. The van der Waals surface area contributed by atoms with Crippen molar-refractivity contribution in [2.45, 2.75) is 77.0 Å². The van der Waals surface area contributed by atoms with Gasteiger partial charge in [0.05, 0.1) is 46.2 Å². The minimum Gasteiger partial charge on any atom is -0.448 e. The van der Waals surface area contributed by atoms with Gasteiger partial charge in [-0.3, -0.25) is 0 Å². The van der Waals surface area contributed by atoms with Crippen molar-refractivity contribution in [3.8, 4) is 11.1 Å². The molecule has 2 aromatic rings. The van der Waals surface area contributed by atoms with Crippen LogP contribution in [0.2, 0.25) is 0 Å². The number of rotatable bonds is 25. The molecule has 0 aromatic heterocycles. The molecule has 3 rings (SSSR count). The lowest BCUT2D eigenvalue weighted by atomic mass is 9.98. The molecular weight excluding hydrogens is 542 g/mol. The number of hydrogen-bond donors (Lipinski definition) is 0. The van der Waals surface area contributed by atoms with Crippen LogP contribution in [0.15, 0.2) is 48.5 Å². The van der Waals surface area contributed by atoms with Crippen LogP contribution >= 0.6 is 0 Å². The molecule has 0 radical (unpaired) electrons. The number of carbonyl (C=O) groups excluding carboxylic acids is 1. The summed E-state index contributed by atoms with van der Waals surface area (Å²) in [5.41, 5.74) is 4.86. The van der Waals surface area contributed by atoms with Crippen LogP contribution in [-0.4, -0.2) is 84.0 Å². The van der Waals surface area contributed by atoms with Crippen molar-refractivity contribution in [2.75, 3.05) is 73.1 Å². The molecule has 0 atom stereocenters. The lowest BCUT2D eigenvalue weighted by Gasteiger charge is -2.19. The molecule has 7 nitrogen and oxygen atoms in total. The molecule has 0 unspecified atom stereocenters. The number of likely N-dealkylation sites (N-methyl/N-ethyl adjacent to an activating group) is 1. The van der Waals surface area contributed by atoms with E-state index in [9.17, 15) is 4.79 Å². The Labute approximate surface area is 260 Å². The van der Waals surface area contributed by atoms with E-state index in [4.69, 9.17) is 23.7 Å². The van der Waals surface area contributed by atoms with E-state index in [1.807, 2.05) is 24.3 Å². The Morgan fingerprint density at radius 2 is 1.05 bits per heavy atom. The van der Waals surface area contributed by atoms with E-state index in [0.29, 0.717) is 59.4 Å². The van der Waals surface area contributed by atoms with E-state index in [0.717, 1.165) is 13.0 Å². The zero-order valence-electron chi connectivity index (χ0n) is 26.7. The van der Waals surface area contributed by atoms with E-state index in [1.54, 1.807) is 11.9 Å². The number of fused-ring (bicyclic) bond motifs is 3. The van der Waals surface area contributed by atoms with Crippen LogP contribution in [-0.2, 0) is 23.7 Å². The predicted octanol–water partition coefficient (Wildman–Crippen LogP) is 7.85. The zero-order valence-corrected chi connectivity index (χ0v) is 26.7. The molecule has 0 heterocycles. The first-order valence-electron chi connectivity index (χ1n) is 16.6. The van der Waals surface area contributed by atoms with Crippen molar-refractivity contribution < 1.29 is 28.5 Å². The van der Waals surface area contributed by atoms with Crippen LogP contribution in [0.4, 0.5) is 4.79 Å². The highest BCUT2D eigenvalue weighted by Crippen LogP contribution is 2.44. The fourth-order valence-corrected chi connectivity index (χ4v) is 5.45. The van der Waals surface area contributed by atoms with Gasteiger partial charge in [-0.15, -0.1) is 0 Å². The van der Waals surface area contributed by atoms with Crippen LogP contribution in [0, 0.1) is 0 Å². The molecule has 1 amide bonds. The normalized spacial score (nSPS) is 12.3. The molecule has 0 bridgehead atoms. The summed E-state index contributed by atoms with van der Waals surface area (Å²) in [5.74, 6) is 0.0593. The lowest BCUT2D eigenvalue weighted by Crippen LogP contribution is -2.32. The molecule has 240 valence electrons. The summed E-state index contributed by atoms with van der Waals surface area (Å²) in [6.07, 6.45) is 13.0. The number of benzene rings is 2. The summed E-state index contributed by atoms with van der Waals surface area (Å²) in [7, 11) is 1.73. The Balaban J connectivity index is 1.08. The zero-order chi connectivity index (χ0) is 30.4. The Hall–Kier alpha value is -2.45. The largest absolute Gasteiger partial charge is 0.448 e. The standard InChI is InChI=1S/C36H55NO6/c1-3-4-5-6-7-8-9-10-11-16-22-39-24-26-41-28-29-42-27-25-40-23-21-37(2)36(38)43-30-35-33-19-14-12-17-31(33)32-18-13-15-20-34(32)35/h12-15,17-20,35H,3-11,16,21-30H2,1-2H3. The van der Waals surface area contributed by atoms with Crippen molar-refractivity contribution in [3.63, 3.8) is 0 Å². The molecule has 2 aromatic carbocycles. The van der Waals surface area contributed by atoms with E-state index >= 15 is 0 Å². The van der Waals surface area contributed by atoms with Gasteiger partial charge in [0, 0.05) is 26.1 Å². The maximum Gasteiger partial charge on any atom is 0.409 e. The molecular formula is C36H55NO6. The average Bonchev–Trinajstić information content (AvgIpc) is 3.35. The fourth-order valence-electron chi connectivity index (χ4n) is 5.45. The molecule has 0 saturated carbocycles. The van der Waals surface area contributed by atoms with Gasteiger partial charge in [0.2, 0.25) is 0 Å². The molecule has 0 aliphatic heterocycles. The maximum absolute atomic E-state index is 12.6. The van der Waals surface area contributed by atoms with Gasteiger partial charge < -0.3 is 28.6 Å². The van der Waals surface area contributed by atoms with Gasteiger partial charge in [0.25, 0.3) is 0 Å². The minimum absolute atomic E-state index is 0.0593. The van der Waals surface area contributed by atoms with Gasteiger partial charge in [-0.1, -0.05) is 113 Å². The van der Waals surface area contributed by atoms with Gasteiger partial charge in [-0.2, -0.15) is 0 Å². The van der Waals surface area contributed by atoms with Gasteiger partial charge in [-0.25, -0.2) is 4.79 Å². The number of carbonyl (C=O) groups is 1. The molecule has 0 N–H and O–H groups in total. The predicted molar refractivity (Wildman–Crippen MR) is 173 cm³/mol. The number of ether oxygens (including phenoxy) is 5. The Bertz CT molecular complexity index is 969. The van der Waals surface area contributed by atoms with Crippen molar-refractivity contribution in [3.05, 3.63) is 59.7 Å². The third-order valence-electron chi connectivity index (χ3n) is 7.98. The highest BCUT2D eigenvalue weighted by Gasteiger charge is 2.29. The van der Waals surface area contributed by atoms with Crippen molar-refractivity contribution in [2.24, 2.45) is 0 Å². The Morgan fingerprint density at radius 1 is 0.605 bits per heavy atom. The molecule has 1 aliphatic rings. The SMILES string of the molecule is CCCCCCCCCCCCOCCOCCOCCOCCN(C)C(=O)OCC1c2ccccc2-c2ccccc21. The molecule has 0 saturated heterocycles. The fraction of sp³-hybridized carbons (Fsp3) is 0.639. The summed E-state index contributed by atoms with van der Waals surface area (Å²) >= 11 is 0. The summed E-state index contributed by atoms with van der Waals surface area (Å²) in [4.78, 5) is 14.1. The van der Waals surface area contributed by atoms with Crippen LogP contribution in [0.1, 0.15) is 88.2 Å². The number of hydrogen-bond acceptors (Lipinski definition) is 6. The Kier molecular flexibility index (Phi) is 18.0. The highest BCUT2D eigenvalue weighted by atomic mass is 16.6. The maximum atomic E-state index is 12.6. The average molecular weight is 598 g/mol. The van der Waals surface area contributed by atoms with Crippen molar-refractivity contribution >= 4 is 6.09 Å². The van der Waals surface area contributed by atoms with E-state index in [-0.39, 0.29) is 12.0 Å². The molecule has 0 spiro atoms. The van der Waals surface area contributed by atoms with E-state index in [2.05, 4.69) is 31.2 Å². The lowest BCUT2D eigenvalue weighted by molar-refractivity contribution is -0.00376. The second kappa shape index (κ2) is 22.1. The van der Waals surface area contributed by atoms with Gasteiger partial charge in [0.1, 0.15) is 6.61 Å². The highest BCUT2D eigenvalue weighted by molar-refractivity contribution is 5.79. The minimum atomic E-state index is -0.341. The summed E-state index contributed by atoms with van der Waals surface area (Å²) in [6, 6.07) is 16.7. The van der Waals surface area contributed by atoms with Crippen molar-refractivity contribution in [1.29, 1.82) is 0 Å². The smallest absolute Gasteiger partial charge is 0.409 e. The van der Waals surface area contributed by atoms with Crippen LogP contribution in [0.3, 0.4) is 0 Å². The number of unbranched alkanes of at least 4 members (excludes halogenated alkanes) is 9. The first kappa shape index (κ1) is 35.0. The van der Waals surface area contributed by atoms with Gasteiger partial charge in [0.15, 0.2) is 0 Å². The second-order valence-corrected chi connectivity index (χ2v) is 11.4. The van der Waals surface area contributed by atoms with Crippen LogP contribution in [0.25, 0.3) is 11.1 Å². The summed E-state index contributed by atoms with van der Waals surface area (Å²) in [5, 5.41) is 0. The van der Waals surface area contributed by atoms with Crippen molar-refractivity contribution in [1.82, 2.24) is 4.90 Å². The molecule has 7 heteroatoms. The molecule has 0 fully saturated rings. The topological polar surface area (TPSA) is 66.5 Å². The van der Waals surface area contributed by atoms with Crippen LogP contribution in [0.5, 0.6) is 0 Å². The third kappa shape index (κ3) is 13.4. The summed E-state index contributed by atoms with van der Waals surface area (Å²) in [6.45, 7) is 7.57. The number of amides is 1. The monoisotopic (exact) mass is 597 g/mol. The quantitative estimate of drug-likeness (QED) is 0.109. The first-order chi connectivity index (χ1) is 21.2. The summed E-state index contributed by atoms with van der Waals surface area (Å²) < 4.78 is 28.1. The van der Waals surface area contributed by atoms with Crippen LogP contribution < -0.4 is 0 Å². The molecule has 43 heavy (non-hydrogen) atoms. The first-order valence-corrected chi connectivity index (χ1v) is 16.6.